The second kappa shape index (κ2) is 7.43. The van der Waals surface area contributed by atoms with Crippen LogP contribution in [0, 0.1) is 10.1 Å². The zero-order valence-electron chi connectivity index (χ0n) is 8.59. The van der Waals surface area contributed by atoms with Crippen LogP contribution in [0.15, 0.2) is 30.3 Å². The Morgan fingerprint density at radius 3 is 2.53 bits per heavy atom. The Labute approximate surface area is 96.2 Å². The Bertz CT molecular complexity index is 290. The second-order valence-electron chi connectivity index (χ2n) is 3.28. The van der Waals surface area contributed by atoms with E-state index in [4.69, 9.17) is 0 Å². The normalized spacial score (nSPS) is 10.1. The van der Waals surface area contributed by atoms with Gasteiger partial charge in [0.15, 0.2) is 0 Å². The van der Waals surface area contributed by atoms with Gasteiger partial charge in [-0.15, -0.1) is 0 Å². The van der Waals surface area contributed by atoms with Crippen molar-refractivity contribution in [3.63, 3.8) is 0 Å². The van der Waals surface area contributed by atoms with E-state index < -0.39 is 0 Å². The van der Waals surface area contributed by atoms with Gasteiger partial charge in [-0.3, -0.25) is 0 Å². The van der Waals surface area contributed by atoms with Crippen molar-refractivity contribution in [2.24, 2.45) is 0 Å². The zero-order valence-corrected chi connectivity index (χ0v) is 10.3. The number of unbranched alkanes of at least 4 members (excludes halogenated alkanes) is 2. The molecule has 1 aromatic carbocycles. The average molecular weight is 272 g/mol. The van der Waals surface area contributed by atoms with Crippen molar-refractivity contribution in [1.82, 2.24) is 0 Å². The fourth-order valence-corrected chi connectivity index (χ4v) is 3.19. The van der Waals surface area contributed by atoms with Crippen LogP contribution in [0.25, 0.3) is 0 Å². The summed E-state index contributed by atoms with van der Waals surface area (Å²) >= 11 is 0.538. The molecule has 0 aliphatic heterocycles. The molecule has 82 valence electrons. The molecule has 4 heteroatoms. The molecule has 1 rings (SSSR count). The molecule has 0 aliphatic carbocycles. The summed E-state index contributed by atoms with van der Waals surface area (Å²) in [6.07, 6.45) is 2.82. The molecular weight excluding hydrogens is 257 g/mol. The molecule has 1 aromatic rings. The fraction of sp³-hybridized carbons (Fsp3) is 0.455. The third-order valence-electron chi connectivity index (χ3n) is 2.00. The number of rotatable bonds is 7. The number of nitro groups is 1. The first-order valence-electron chi connectivity index (χ1n) is 5.08. The summed E-state index contributed by atoms with van der Waals surface area (Å²) in [5.74, 6) is 0. The van der Waals surface area contributed by atoms with E-state index in [1.54, 1.807) is 0 Å². The van der Waals surface area contributed by atoms with Crippen LogP contribution >= 0.6 is 0 Å². The molecular formula is C11H15NO2Se. The molecule has 0 fully saturated rings. The summed E-state index contributed by atoms with van der Waals surface area (Å²) in [4.78, 5) is 9.83. The second-order valence-corrected chi connectivity index (χ2v) is 5.73. The van der Waals surface area contributed by atoms with Gasteiger partial charge in [-0.1, -0.05) is 0 Å². The Morgan fingerprint density at radius 2 is 1.87 bits per heavy atom. The minimum absolute atomic E-state index is 0.123. The molecule has 0 spiro atoms. The van der Waals surface area contributed by atoms with Crippen molar-refractivity contribution < 1.29 is 4.92 Å². The topological polar surface area (TPSA) is 43.1 Å². The molecule has 0 bridgehead atoms. The first kappa shape index (κ1) is 12.2. The van der Waals surface area contributed by atoms with Crippen LogP contribution < -0.4 is 4.46 Å². The number of hydrogen-bond donors (Lipinski definition) is 0. The minimum atomic E-state index is -0.234. The predicted octanol–water partition coefficient (Wildman–Crippen LogP) is 1.88. The molecule has 0 N–H and O–H groups in total. The Morgan fingerprint density at radius 1 is 1.13 bits per heavy atom. The molecule has 0 heterocycles. The third kappa shape index (κ3) is 6.26. The van der Waals surface area contributed by atoms with Gasteiger partial charge in [-0.2, -0.15) is 0 Å². The van der Waals surface area contributed by atoms with Crippen LogP contribution in [0.1, 0.15) is 19.3 Å². The van der Waals surface area contributed by atoms with Crippen LogP contribution in [0.4, 0.5) is 0 Å². The van der Waals surface area contributed by atoms with Gasteiger partial charge in [0.1, 0.15) is 0 Å². The summed E-state index contributed by atoms with van der Waals surface area (Å²) < 4.78 is 1.42. The summed E-state index contributed by atoms with van der Waals surface area (Å²) in [6, 6.07) is 10.4. The van der Waals surface area contributed by atoms with Crippen molar-refractivity contribution in [3.05, 3.63) is 40.4 Å². The molecule has 0 atom stereocenters. The van der Waals surface area contributed by atoms with Crippen molar-refractivity contribution in [3.8, 4) is 0 Å². The van der Waals surface area contributed by atoms with E-state index in [9.17, 15) is 10.1 Å². The molecule has 0 radical (unpaired) electrons. The van der Waals surface area contributed by atoms with Gasteiger partial charge < -0.3 is 0 Å². The standard InChI is InChI=1S/C11H15NO2Se/c13-12(14)9-5-2-6-10-15-11-7-3-1-4-8-11/h1,3-4,7-8H,2,5-6,9-10H2. The summed E-state index contributed by atoms with van der Waals surface area (Å²) in [7, 11) is 0. The van der Waals surface area contributed by atoms with E-state index in [-0.39, 0.29) is 11.5 Å². The molecule has 0 amide bonds. The zero-order chi connectivity index (χ0) is 10.9. The SMILES string of the molecule is O=[N+]([O-])CCCCC[Se]c1ccccc1. The molecule has 0 unspecified atom stereocenters. The molecule has 15 heavy (non-hydrogen) atoms. The molecule has 0 aromatic heterocycles. The summed E-state index contributed by atoms with van der Waals surface area (Å²) in [5.41, 5.74) is 0. The van der Waals surface area contributed by atoms with Crippen LogP contribution in [0.3, 0.4) is 0 Å². The van der Waals surface area contributed by atoms with E-state index in [0.29, 0.717) is 15.0 Å². The van der Waals surface area contributed by atoms with Gasteiger partial charge in [0.25, 0.3) is 0 Å². The average Bonchev–Trinajstić information content (AvgIpc) is 2.24. The quantitative estimate of drug-likeness (QED) is 0.329. The molecule has 0 saturated carbocycles. The van der Waals surface area contributed by atoms with Crippen molar-refractivity contribution >= 4 is 19.4 Å². The molecule has 3 nitrogen and oxygen atoms in total. The third-order valence-corrected chi connectivity index (χ3v) is 4.30. The van der Waals surface area contributed by atoms with Gasteiger partial charge in [-0.05, 0) is 0 Å². The molecule has 0 aliphatic rings. The van der Waals surface area contributed by atoms with E-state index >= 15 is 0 Å². The van der Waals surface area contributed by atoms with E-state index in [2.05, 4.69) is 24.3 Å². The van der Waals surface area contributed by atoms with E-state index in [1.165, 1.54) is 9.78 Å². The van der Waals surface area contributed by atoms with Gasteiger partial charge in [-0.25, -0.2) is 0 Å². The number of nitrogens with zero attached hydrogens (tertiary/aromatic N) is 1. The van der Waals surface area contributed by atoms with Gasteiger partial charge >= 0.3 is 95.9 Å². The number of hydrogen-bond acceptors (Lipinski definition) is 2. The van der Waals surface area contributed by atoms with Gasteiger partial charge in [0, 0.05) is 0 Å². The van der Waals surface area contributed by atoms with Crippen molar-refractivity contribution in [2.45, 2.75) is 24.6 Å². The Balaban J connectivity index is 2.00. The maximum atomic E-state index is 10.1. The van der Waals surface area contributed by atoms with Gasteiger partial charge in [0.05, 0.1) is 0 Å². The van der Waals surface area contributed by atoms with Crippen LogP contribution in [0.5, 0.6) is 0 Å². The Kier molecular flexibility index (Phi) is 6.05. The molecule has 0 saturated heterocycles. The summed E-state index contributed by atoms with van der Waals surface area (Å²) in [5, 5.41) is 11.3. The number of benzene rings is 1. The van der Waals surface area contributed by atoms with E-state index in [0.717, 1.165) is 19.3 Å². The van der Waals surface area contributed by atoms with Gasteiger partial charge in [0.2, 0.25) is 0 Å². The van der Waals surface area contributed by atoms with Crippen LogP contribution in [-0.2, 0) is 0 Å². The predicted molar refractivity (Wildman–Crippen MR) is 62.3 cm³/mol. The Hall–Kier alpha value is -0.861. The fourth-order valence-electron chi connectivity index (χ4n) is 1.23. The maximum absolute atomic E-state index is 10.1. The monoisotopic (exact) mass is 273 g/mol. The van der Waals surface area contributed by atoms with Crippen LogP contribution in [-0.4, -0.2) is 26.4 Å². The van der Waals surface area contributed by atoms with Crippen molar-refractivity contribution in [2.75, 3.05) is 6.54 Å². The van der Waals surface area contributed by atoms with E-state index in [1.807, 2.05) is 6.07 Å². The first-order chi connectivity index (χ1) is 7.29. The van der Waals surface area contributed by atoms with Crippen molar-refractivity contribution in [1.29, 1.82) is 0 Å². The summed E-state index contributed by atoms with van der Waals surface area (Å²) in [6.45, 7) is 0.123. The van der Waals surface area contributed by atoms with Crippen LogP contribution in [0.2, 0.25) is 5.32 Å². The first-order valence-corrected chi connectivity index (χ1v) is 7.15.